The molecular formula is C25H41NO5. The fraction of sp³-hybridized carbons (Fsp3) is 0.960. The number of hydrogen-bond donors (Lipinski definition) is 0. The second kappa shape index (κ2) is 9.28. The monoisotopic (exact) mass is 435 g/mol. The molecule has 3 heterocycles. The number of fused-ring (bicyclic) bond motifs is 1. The molecular weight excluding hydrogens is 394 g/mol. The van der Waals surface area contributed by atoms with Crippen molar-refractivity contribution < 1.29 is 23.8 Å². The molecule has 0 unspecified atom stereocenters. The summed E-state index contributed by atoms with van der Waals surface area (Å²) in [5.74, 6) is -0.331. The first-order valence-electron chi connectivity index (χ1n) is 13.0. The van der Waals surface area contributed by atoms with Crippen molar-refractivity contribution in [2.75, 3.05) is 13.7 Å². The molecule has 6 nitrogen and oxygen atoms in total. The van der Waals surface area contributed by atoms with E-state index in [0.717, 1.165) is 25.8 Å². The number of piperidine rings is 1. The van der Waals surface area contributed by atoms with E-state index in [1.807, 2.05) is 12.0 Å². The maximum absolute atomic E-state index is 12.9. The molecule has 0 bridgehead atoms. The van der Waals surface area contributed by atoms with Crippen LogP contribution in [0.4, 0.5) is 0 Å². The Morgan fingerprint density at radius 3 is 1.94 bits per heavy atom. The number of methoxy groups -OCH3 is 1. The number of carbonyl (C=O) groups excluding carboxylic acids is 1. The van der Waals surface area contributed by atoms with Gasteiger partial charge in [0, 0.05) is 6.54 Å². The molecule has 3 saturated heterocycles. The first-order valence-corrected chi connectivity index (χ1v) is 13.0. The maximum atomic E-state index is 12.9. The first-order chi connectivity index (χ1) is 15.1. The van der Waals surface area contributed by atoms with E-state index < -0.39 is 11.9 Å². The van der Waals surface area contributed by atoms with Gasteiger partial charge in [0.25, 0.3) is 0 Å². The van der Waals surface area contributed by atoms with E-state index in [2.05, 4.69) is 0 Å². The van der Waals surface area contributed by atoms with Gasteiger partial charge in [-0.3, -0.25) is 9.63 Å². The zero-order valence-electron chi connectivity index (χ0n) is 19.4. The average Bonchev–Trinajstić information content (AvgIpc) is 3.39. The van der Waals surface area contributed by atoms with Crippen LogP contribution in [-0.2, 0) is 23.8 Å². The third-order valence-electron chi connectivity index (χ3n) is 8.77. The van der Waals surface area contributed by atoms with Gasteiger partial charge in [0.2, 0.25) is 0 Å². The van der Waals surface area contributed by atoms with Crippen molar-refractivity contribution >= 4 is 5.97 Å². The van der Waals surface area contributed by atoms with E-state index in [-0.39, 0.29) is 30.1 Å². The van der Waals surface area contributed by atoms with Crippen LogP contribution in [0.3, 0.4) is 0 Å². The minimum Gasteiger partial charge on any atom is -0.469 e. The summed E-state index contributed by atoms with van der Waals surface area (Å²) in [5, 5.41) is 2.03. The van der Waals surface area contributed by atoms with Crippen LogP contribution in [-0.4, -0.2) is 54.8 Å². The molecule has 6 heteroatoms. The van der Waals surface area contributed by atoms with E-state index >= 15 is 0 Å². The molecule has 5 atom stereocenters. The summed E-state index contributed by atoms with van der Waals surface area (Å²) < 4.78 is 19.0. The molecule has 31 heavy (non-hydrogen) atoms. The van der Waals surface area contributed by atoms with Gasteiger partial charge < -0.3 is 14.2 Å². The highest BCUT2D eigenvalue weighted by atomic mass is 16.8. The lowest BCUT2D eigenvalue weighted by Crippen LogP contribution is -2.49. The molecule has 5 rings (SSSR count). The van der Waals surface area contributed by atoms with Crippen molar-refractivity contribution in [3.05, 3.63) is 0 Å². The zero-order valence-corrected chi connectivity index (χ0v) is 19.4. The third kappa shape index (κ3) is 4.18. The SMILES string of the molecule is COC(=O)[C@H]1[C@H]2CCCCN2O[C@@H]1C1(C)O[C@H](C2CCCCC2)[C@@H](C2CCCCC2)O1. The van der Waals surface area contributed by atoms with Crippen molar-refractivity contribution in [1.29, 1.82) is 0 Å². The van der Waals surface area contributed by atoms with Crippen LogP contribution >= 0.6 is 0 Å². The molecule has 2 aliphatic carbocycles. The van der Waals surface area contributed by atoms with E-state index in [1.54, 1.807) is 0 Å². The predicted molar refractivity (Wildman–Crippen MR) is 116 cm³/mol. The molecule has 176 valence electrons. The Balaban J connectivity index is 1.42. The van der Waals surface area contributed by atoms with Crippen LogP contribution < -0.4 is 0 Å². The molecule has 5 aliphatic rings. The second-order valence-electron chi connectivity index (χ2n) is 10.8. The largest absolute Gasteiger partial charge is 0.469 e. The topological polar surface area (TPSA) is 57.2 Å². The van der Waals surface area contributed by atoms with Crippen molar-refractivity contribution in [3.8, 4) is 0 Å². The van der Waals surface area contributed by atoms with Gasteiger partial charge in [-0.25, -0.2) is 0 Å². The molecule has 0 N–H and O–H groups in total. The Labute approximate surface area is 187 Å². The van der Waals surface area contributed by atoms with Gasteiger partial charge in [-0.1, -0.05) is 44.9 Å². The van der Waals surface area contributed by atoms with Gasteiger partial charge in [-0.05, 0) is 57.3 Å². The Morgan fingerprint density at radius 2 is 1.39 bits per heavy atom. The number of nitrogens with zero attached hydrogens (tertiary/aromatic N) is 1. The highest BCUT2D eigenvalue weighted by Crippen LogP contribution is 2.49. The molecule has 5 fully saturated rings. The predicted octanol–water partition coefficient (Wildman–Crippen LogP) is 4.60. The highest BCUT2D eigenvalue weighted by molar-refractivity contribution is 5.74. The van der Waals surface area contributed by atoms with Gasteiger partial charge in [-0.15, -0.1) is 0 Å². The van der Waals surface area contributed by atoms with Crippen LogP contribution in [0.1, 0.15) is 90.4 Å². The standard InChI is InChI=1S/C25H41NO5/c1-25(23-20(24(27)28-2)19-15-9-10-16-26(19)31-23)29-21(17-11-5-3-6-12-17)22(30-25)18-13-7-4-8-14-18/h17-23H,3-16H2,1-2H3/t19-,20+,21-,22-,23+/m1/s1. The fourth-order valence-corrected chi connectivity index (χ4v) is 7.16. The van der Waals surface area contributed by atoms with Crippen LogP contribution in [0.25, 0.3) is 0 Å². The molecule has 3 aliphatic heterocycles. The summed E-state index contributed by atoms with van der Waals surface area (Å²) >= 11 is 0. The Hall–Kier alpha value is -0.690. The average molecular weight is 436 g/mol. The van der Waals surface area contributed by atoms with Gasteiger partial charge in [-0.2, -0.15) is 5.06 Å². The smallest absolute Gasteiger partial charge is 0.313 e. The van der Waals surface area contributed by atoms with Crippen molar-refractivity contribution in [2.45, 2.75) is 121 Å². The summed E-state index contributed by atoms with van der Waals surface area (Å²) in [4.78, 5) is 19.3. The van der Waals surface area contributed by atoms with Gasteiger partial charge in [0.15, 0.2) is 5.79 Å². The molecule has 0 amide bonds. The van der Waals surface area contributed by atoms with Crippen molar-refractivity contribution in [2.24, 2.45) is 17.8 Å². The summed E-state index contributed by atoms with van der Waals surface area (Å²) in [7, 11) is 1.49. The lowest BCUT2D eigenvalue weighted by Gasteiger charge is -2.34. The highest BCUT2D eigenvalue weighted by Gasteiger charge is 2.62. The minimum atomic E-state index is -0.902. The molecule has 0 aromatic carbocycles. The quantitative estimate of drug-likeness (QED) is 0.602. The van der Waals surface area contributed by atoms with Gasteiger partial charge >= 0.3 is 5.97 Å². The molecule has 0 aromatic rings. The molecule has 0 radical (unpaired) electrons. The van der Waals surface area contributed by atoms with Gasteiger partial charge in [0.05, 0.1) is 25.4 Å². The van der Waals surface area contributed by atoms with Crippen molar-refractivity contribution in [1.82, 2.24) is 5.06 Å². The normalized spacial score (nSPS) is 40.0. The third-order valence-corrected chi connectivity index (χ3v) is 8.77. The summed E-state index contributed by atoms with van der Waals surface area (Å²) in [5.41, 5.74) is 0. The van der Waals surface area contributed by atoms with Crippen LogP contribution in [0.5, 0.6) is 0 Å². The minimum absolute atomic E-state index is 0.0667. The van der Waals surface area contributed by atoms with E-state index in [1.165, 1.54) is 71.3 Å². The zero-order chi connectivity index (χ0) is 21.4. The lowest BCUT2D eigenvalue weighted by atomic mass is 9.77. The fourth-order valence-electron chi connectivity index (χ4n) is 7.16. The number of ether oxygens (including phenoxy) is 3. The summed E-state index contributed by atoms with van der Waals surface area (Å²) in [6, 6.07) is 0.0667. The van der Waals surface area contributed by atoms with Gasteiger partial charge in [0.1, 0.15) is 12.0 Å². The summed E-state index contributed by atoms with van der Waals surface area (Å²) in [6.07, 6.45) is 15.7. The lowest BCUT2D eigenvalue weighted by molar-refractivity contribution is -0.283. The Morgan fingerprint density at radius 1 is 0.839 bits per heavy atom. The molecule has 0 spiro atoms. The van der Waals surface area contributed by atoms with Crippen LogP contribution in [0.15, 0.2) is 0 Å². The maximum Gasteiger partial charge on any atom is 0.313 e. The van der Waals surface area contributed by atoms with E-state index in [9.17, 15) is 4.79 Å². The van der Waals surface area contributed by atoms with Crippen LogP contribution in [0.2, 0.25) is 0 Å². The van der Waals surface area contributed by atoms with Crippen LogP contribution in [0, 0.1) is 17.8 Å². The Kier molecular flexibility index (Phi) is 6.62. The number of rotatable bonds is 4. The second-order valence-corrected chi connectivity index (χ2v) is 10.8. The first kappa shape index (κ1) is 22.1. The van der Waals surface area contributed by atoms with E-state index in [0.29, 0.717) is 11.8 Å². The number of esters is 1. The Bertz CT molecular complexity index is 603. The molecule has 0 aromatic heterocycles. The van der Waals surface area contributed by atoms with E-state index in [4.69, 9.17) is 19.0 Å². The van der Waals surface area contributed by atoms with Crippen molar-refractivity contribution in [3.63, 3.8) is 0 Å². The summed E-state index contributed by atoms with van der Waals surface area (Å²) in [6.45, 7) is 2.90. The number of hydrogen-bond acceptors (Lipinski definition) is 6. The number of hydroxylamine groups is 2. The molecule has 2 saturated carbocycles. The number of carbonyl (C=O) groups is 1.